The fourth-order valence-electron chi connectivity index (χ4n) is 1.32. The van der Waals surface area contributed by atoms with Gasteiger partial charge in [0, 0.05) is 13.2 Å². The second-order valence-corrected chi connectivity index (χ2v) is 4.02. The van der Waals surface area contributed by atoms with E-state index in [9.17, 15) is 4.79 Å². The van der Waals surface area contributed by atoms with E-state index in [1.54, 1.807) is 0 Å². The first-order valence-electron chi connectivity index (χ1n) is 5.62. The Balaban J connectivity index is 2.19. The molecule has 1 amide bonds. The Morgan fingerprint density at radius 3 is 2.65 bits per heavy atom. The minimum Gasteiger partial charge on any atom is -0.396 e. The van der Waals surface area contributed by atoms with Crippen LogP contribution in [0.25, 0.3) is 0 Å². The zero-order valence-corrected chi connectivity index (χ0v) is 10.3. The minimum absolute atomic E-state index is 0.229. The lowest BCUT2D eigenvalue weighted by Gasteiger charge is -2.03. The molecule has 0 aromatic carbocycles. The number of nitrogens with zero attached hydrogens (tertiary/aromatic N) is 2. The van der Waals surface area contributed by atoms with Gasteiger partial charge in [0.25, 0.3) is 5.91 Å². The Labute approximate surface area is 105 Å². The molecule has 1 aromatic rings. The lowest BCUT2D eigenvalue weighted by atomic mass is 10.2. The Kier molecular flexibility index (Phi) is 6.50. The molecule has 0 saturated carbocycles. The van der Waals surface area contributed by atoms with Crippen molar-refractivity contribution in [2.75, 3.05) is 13.2 Å². The van der Waals surface area contributed by atoms with E-state index in [0.717, 1.165) is 25.7 Å². The minimum atomic E-state index is -0.240. The van der Waals surface area contributed by atoms with E-state index in [1.165, 1.54) is 12.1 Å². The van der Waals surface area contributed by atoms with Crippen molar-refractivity contribution in [3.8, 4) is 0 Å². The van der Waals surface area contributed by atoms with Gasteiger partial charge in [-0.3, -0.25) is 4.79 Å². The normalized spacial score (nSPS) is 10.2. The van der Waals surface area contributed by atoms with Crippen LogP contribution in [0.4, 0.5) is 0 Å². The maximum absolute atomic E-state index is 11.5. The average molecular weight is 258 g/mol. The third kappa shape index (κ3) is 5.60. The zero-order chi connectivity index (χ0) is 12.5. The van der Waals surface area contributed by atoms with Crippen LogP contribution in [0, 0.1) is 0 Å². The summed E-state index contributed by atoms with van der Waals surface area (Å²) in [6.07, 6.45) is 3.68. The number of halogens is 1. The first-order chi connectivity index (χ1) is 8.24. The van der Waals surface area contributed by atoms with Crippen LogP contribution < -0.4 is 5.32 Å². The number of hydrogen-bond donors (Lipinski definition) is 2. The molecule has 2 N–H and O–H groups in total. The van der Waals surface area contributed by atoms with E-state index in [4.69, 9.17) is 16.7 Å². The number of rotatable bonds is 7. The van der Waals surface area contributed by atoms with E-state index in [1.807, 2.05) is 0 Å². The highest BCUT2D eigenvalue weighted by Gasteiger charge is 2.06. The topological polar surface area (TPSA) is 75.1 Å². The van der Waals surface area contributed by atoms with Crippen LogP contribution in [-0.4, -0.2) is 34.4 Å². The summed E-state index contributed by atoms with van der Waals surface area (Å²) in [5.74, 6) is -0.240. The van der Waals surface area contributed by atoms with E-state index in [0.29, 0.717) is 6.54 Å². The summed E-state index contributed by atoms with van der Waals surface area (Å²) < 4.78 is 0. The number of nitrogens with one attached hydrogen (secondary N) is 1. The molecular weight excluding hydrogens is 242 g/mol. The summed E-state index contributed by atoms with van der Waals surface area (Å²) in [6.45, 7) is 0.835. The number of hydrogen-bond acceptors (Lipinski definition) is 4. The summed E-state index contributed by atoms with van der Waals surface area (Å²) in [7, 11) is 0. The molecule has 0 saturated heterocycles. The first kappa shape index (κ1) is 13.9. The molecule has 0 aliphatic rings. The smallest absolute Gasteiger partial charge is 0.271 e. The monoisotopic (exact) mass is 257 g/mol. The van der Waals surface area contributed by atoms with Crippen molar-refractivity contribution >= 4 is 17.5 Å². The molecule has 0 atom stereocenters. The Hall–Kier alpha value is -1.20. The van der Waals surface area contributed by atoms with Crippen LogP contribution in [0.5, 0.6) is 0 Å². The van der Waals surface area contributed by atoms with Gasteiger partial charge in [0.15, 0.2) is 10.8 Å². The molecule has 1 aromatic heterocycles. The number of amides is 1. The van der Waals surface area contributed by atoms with Crippen molar-refractivity contribution in [1.29, 1.82) is 0 Å². The Morgan fingerprint density at radius 1 is 1.24 bits per heavy atom. The molecule has 17 heavy (non-hydrogen) atoms. The highest BCUT2D eigenvalue weighted by atomic mass is 35.5. The number of aliphatic hydroxyl groups is 1. The lowest BCUT2D eigenvalue weighted by molar-refractivity contribution is 0.0947. The van der Waals surface area contributed by atoms with Crippen LogP contribution in [-0.2, 0) is 0 Å². The van der Waals surface area contributed by atoms with Gasteiger partial charge in [0.1, 0.15) is 0 Å². The van der Waals surface area contributed by atoms with Gasteiger partial charge in [0.05, 0.1) is 0 Å². The fourth-order valence-corrected chi connectivity index (χ4v) is 1.42. The van der Waals surface area contributed by atoms with Gasteiger partial charge in [0.2, 0.25) is 0 Å². The van der Waals surface area contributed by atoms with Crippen LogP contribution in [0.3, 0.4) is 0 Å². The molecule has 0 spiro atoms. The molecule has 0 bridgehead atoms. The van der Waals surface area contributed by atoms with Crippen LogP contribution >= 0.6 is 11.6 Å². The van der Waals surface area contributed by atoms with Crippen LogP contribution in [0.15, 0.2) is 12.1 Å². The molecule has 0 fully saturated rings. The van der Waals surface area contributed by atoms with Gasteiger partial charge in [-0.2, -0.15) is 0 Å². The molecule has 0 aliphatic heterocycles. The quantitative estimate of drug-likeness (QED) is 0.725. The lowest BCUT2D eigenvalue weighted by Crippen LogP contribution is -2.25. The van der Waals surface area contributed by atoms with E-state index in [2.05, 4.69) is 15.5 Å². The highest BCUT2D eigenvalue weighted by Crippen LogP contribution is 2.02. The van der Waals surface area contributed by atoms with Crippen molar-refractivity contribution in [3.05, 3.63) is 23.0 Å². The molecule has 94 valence electrons. The van der Waals surface area contributed by atoms with Gasteiger partial charge >= 0.3 is 0 Å². The Morgan fingerprint density at radius 2 is 2.00 bits per heavy atom. The van der Waals surface area contributed by atoms with Crippen molar-refractivity contribution in [2.45, 2.75) is 25.7 Å². The molecule has 0 unspecified atom stereocenters. The number of unbranched alkanes of at least 4 members (excludes halogenated alkanes) is 3. The average Bonchev–Trinajstić information content (AvgIpc) is 2.34. The second-order valence-electron chi connectivity index (χ2n) is 3.64. The summed E-state index contributed by atoms with van der Waals surface area (Å²) in [5, 5.41) is 18.9. The number of aliphatic hydroxyl groups excluding tert-OH is 1. The van der Waals surface area contributed by atoms with Crippen molar-refractivity contribution in [3.63, 3.8) is 0 Å². The third-order valence-corrected chi connectivity index (χ3v) is 2.44. The second kappa shape index (κ2) is 7.97. The highest BCUT2D eigenvalue weighted by molar-refractivity contribution is 6.29. The number of carbonyl (C=O) groups is 1. The number of aromatic nitrogens is 2. The van der Waals surface area contributed by atoms with Gasteiger partial charge in [-0.05, 0) is 25.0 Å². The summed E-state index contributed by atoms with van der Waals surface area (Å²) >= 11 is 5.57. The Bertz CT molecular complexity index is 343. The standard InChI is InChI=1S/C11H16ClN3O2/c12-10-6-5-9(14-15-10)11(17)13-7-3-1-2-4-8-16/h5-6,16H,1-4,7-8H2,(H,13,17). The molecule has 5 nitrogen and oxygen atoms in total. The van der Waals surface area contributed by atoms with Gasteiger partial charge in [-0.15, -0.1) is 10.2 Å². The molecule has 6 heteroatoms. The number of carbonyl (C=O) groups excluding carboxylic acids is 1. The molecule has 0 radical (unpaired) electrons. The first-order valence-corrected chi connectivity index (χ1v) is 6.00. The summed E-state index contributed by atoms with van der Waals surface area (Å²) in [5.41, 5.74) is 0.268. The van der Waals surface area contributed by atoms with Crippen molar-refractivity contribution < 1.29 is 9.90 Å². The predicted molar refractivity (Wildman–Crippen MR) is 64.9 cm³/mol. The van der Waals surface area contributed by atoms with E-state index >= 15 is 0 Å². The van der Waals surface area contributed by atoms with Gasteiger partial charge in [-0.25, -0.2) is 0 Å². The third-order valence-electron chi connectivity index (χ3n) is 2.24. The van der Waals surface area contributed by atoms with Crippen molar-refractivity contribution in [2.24, 2.45) is 0 Å². The summed E-state index contributed by atoms with van der Waals surface area (Å²) in [4.78, 5) is 11.5. The van der Waals surface area contributed by atoms with Crippen LogP contribution in [0.2, 0.25) is 5.15 Å². The largest absolute Gasteiger partial charge is 0.396 e. The predicted octanol–water partition coefficient (Wildman–Crippen LogP) is 1.41. The molecule has 1 rings (SSSR count). The molecule has 0 aliphatic carbocycles. The molecule has 1 heterocycles. The summed E-state index contributed by atoms with van der Waals surface area (Å²) in [6, 6.07) is 3.07. The van der Waals surface area contributed by atoms with Crippen molar-refractivity contribution in [1.82, 2.24) is 15.5 Å². The maximum atomic E-state index is 11.5. The van der Waals surface area contributed by atoms with Crippen LogP contribution in [0.1, 0.15) is 36.2 Å². The molecular formula is C11H16ClN3O2. The van der Waals surface area contributed by atoms with E-state index in [-0.39, 0.29) is 23.4 Å². The SMILES string of the molecule is O=C(NCCCCCCO)c1ccc(Cl)nn1. The van der Waals surface area contributed by atoms with E-state index < -0.39 is 0 Å². The zero-order valence-electron chi connectivity index (χ0n) is 9.53. The van der Waals surface area contributed by atoms with Gasteiger partial charge in [-0.1, -0.05) is 24.4 Å². The fraction of sp³-hybridized carbons (Fsp3) is 0.545. The van der Waals surface area contributed by atoms with Gasteiger partial charge < -0.3 is 10.4 Å². The maximum Gasteiger partial charge on any atom is 0.271 e.